The first-order valence-corrected chi connectivity index (χ1v) is 32.0. The Balaban J connectivity index is 0. The Kier molecular flexibility index (Phi) is 39.4. The van der Waals surface area contributed by atoms with Crippen molar-refractivity contribution in [1.82, 2.24) is 9.97 Å². The topological polar surface area (TPSA) is 25.8 Å². The molecule has 0 aliphatic heterocycles. The van der Waals surface area contributed by atoms with Crippen molar-refractivity contribution in [3.05, 3.63) is 59.7 Å². The van der Waals surface area contributed by atoms with Crippen LogP contribution in [-0.2, 0) is 39.9 Å². The van der Waals surface area contributed by atoms with Gasteiger partial charge in [-0.3, -0.25) is 0 Å². The Bertz CT molecular complexity index is 931. The van der Waals surface area contributed by atoms with Crippen LogP contribution in [0.2, 0.25) is 0 Å². The Morgan fingerprint density at radius 2 is 0.978 bits per heavy atom. The van der Waals surface area contributed by atoms with Crippen molar-refractivity contribution in [3.8, 4) is 0 Å². The van der Waals surface area contributed by atoms with Gasteiger partial charge < -0.3 is 0 Å². The van der Waals surface area contributed by atoms with E-state index in [1.807, 2.05) is 52.5 Å². The van der Waals surface area contributed by atoms with Gasteiger partial charge in [0, 0.05) is 15.8 Å². The molecule has 0 aliphatic carbocycles. The van der Waals surface area contributed by atoms with Gasteiger partial charge in [-0.15, -0.1) is 0 Å². The molecule has 45 heavy (non-hydrogen) atoms. The van der Waals surface area contributed by atoms with Gasteiger partial charge in [0.15, 0.2) is 0 Å². The predicted octanol–water partition coefficient (Wildman–Crippen LogP) is 12.7. The second kappa shape index (κ2) is 36.6. The predicted molar refractivity (Wildman–Crippen MR) is 213 cm³/mol. The monoisotopic (exact) mass is 918 g/mol. The number of aryl methyl sites for hydroxylation is 3. The van der Waals surface area contributed by atoms with E-state index in [2.05, 4.69) is 51.5 Å². The molecule has 0 aromatic carbocycles. The van der Waals surface area contributed by atoms with Crippen LogP contribution in [0.1, 0.15) is 110 Å². The molecule has 0 unspecified atom stereocenters. The maximum atomic E-state index is 5.71. The molecule has 0 fully saturated rings. The van der Waals surface area contributed by atoms with Crippen molar-refractivity contribution in [1.29, 1.82) is 0 Å². The molecule has 0 aliphatic rings. The molecule has 2 aromatic rings. The zero-order chi connectivity index (χ0) is 34.1. The van der Waals surface area contributed by atoms with Gasteiger partial charge in [-0.2, -0.15) is 0 Å². The first kappa shape index (κ1) is 48.4. The number of halogens is 4. The summed E-state index contributed by atoms with van der Waals surface area (Å²) in [5.41, 5.74) is 3.26. The van der Waals surface area contributed by atoms with Gasteiger partial charge in [-0.05, 0) is 38.5 Å². The molecule has 0 amide bonds. The fourth-order valence-electron chi connectivity index (χ4n) is 4.71. The summed E-state index contributed by atoms with van der Waals surface area (Å²) in [7, 11) is 23.0. The molecular formula is C35H64Cl4N2P2Ru2+2. The number of hydrogen-bond donors (Lipinski definition) is 0. The van der Waals surface area contributed by atoms with E-state index in [1.54, 1.807) is 43.2 Å². The summed E-state index contributed by atoms with van der Waals surface area (Å²) in [6.07, 6.45) is 23.3. The van der Waals surface area contributed by atoms with Gasteiger partial charge in [0.25, 0.3) is 0 Å². The fraction of sp³-hybridized carbons (Fsp3) is 0.657. The Labute approximate surface area is 307 Å². The minimum absolute atomic E-state index is 0.103. The van der Waals surface area contributed by atoms with Crippen molar-refractivity contribution in [2.75, 3.05) is 37.0 Å². The Hall–Kier alpha value is 1.31. The van der Waals surface area contributed by atoms with E-state index in [1.165, 1.54) is 38.5 Å². The number of hydrogen-bond acceptors (Lipinski definition) is 2. The van der Waals surface area contributed by atoms with Crippen molar-refractivity contribution in [3.63, 3.8) is 0 Å². The van der Waals surface area contributed by atoms with Crippen LogP contribution in [0.3, 0.4) is 0 Å². The summed E-state index contributed by atoms with van der Waals surface area (Å²) in [5.74, 6) is 0. The minimum atomic E-state index is -1.57. The van der Waals surface area contributed by atoms with Crippen molar-refractivity contribution in [2.24, 2.45) is 0 Å². The van der Waals surface area contributed by atoms with Crippen molar-refractivity contribution < 1.29 is 27.0 Å². The average molecular weight is 919 g/mol. The summed E-state index contributed by atoms with van der Waals surface area (Å²) in [4.78, 5) is 8.57. The van der Waals surface area contributed by atoms with Gasteiger partial charge in [0.1, 0.15) is 0 Å². The quantitative estimate of drug-likeness (QED) is 0.110. The third-order valence-corrected chi connectivity index (χ3v) is 18.4. The molecule has 2 aromatic heterocycles. The van der Waals surface area contributed by atoms with E-state index >= 15 is 0 Å². The summed E-state index contributed by atoms with van der Waals surface area (Å²) < 4.78 is 4.01. The van der Waals surface area contributed by atoms with E-state index < -0.39 is 27.0 Å². The van der Waals surface area contributed by atoms with Gasteiger partial charge in [0.05, 0.1) is 37.0 Å². The third kappa shape index (κ3) is 35.0. The first-order valence-electron chi connectivity index (χ1n) is 16.8. The van der Waals surface area contributed by atoms with Crippen molar-refractivity contribution >= 4 is 63.8 Å². The summed E-state index contributed by atoms with van der Waals surface area (Å²) in [5, 5.41) is 0. The molecular weight excluding hydrogens is 854 g/mol. The first-order chi connectivity index (χ1) is 21.7. The fourth-order valence-corrected chi connectivity index (χ4v) is 13.5. The van der Waals surface area contributed by atoms with E-state index in [9.17, 15) is 0 Å². The maximum absolute atomic E-state index is 5.71. The molecule has 10 heteroatoms. The number of aromatic nitrogens is 2. The molecule has 266 valence electrons. The SMILES string of the molecule is CCC[PH+](CCC)CCC.CCC[PH+](CCC)CCC.Cc1cccc(CC[CH]=[Ru]([Cl])[Cl])n1.[Cl][Ru]([Cl])=[CH]CCc1ccccn1. The summed E-state index contributed by atoms with van der Waals surface area (Å²) in [6.45, 7) is 15.9. The van der Waals surface area contributed by atoms with Gasteiger partial charge >= 0.3 is 177 Å². The molecule has 0 saturated carbocycles. The van der Waals surface area contributed by atoms with Crippen LogP contribution >= 0.6 is 54.6 Å². The van der Waals surface area contributed by atoms with E-state index in [-0.39, 0.29) is 15.8 Å². The third-order valence-electron chi connectivity index (χ3n) is 6.52. The Morgan fingerprint density at radius 1 is 0.578 bits per heavy atom. The molecule has 0 N–H and O–H groups in total. The van der Waals surface area contributed by atoms with E-state index in [0.717, 1.165) is 42.8 Å². The van der Waals surface area contributed by atoms with Gasteiger partial charge in [-0.25, -0.2) is 0 Å². The Morgan fingerprint density at radius 3 is 1.31 bits per heavy atom. The van der Waals surface area contributed by atoms with E-state index in [0.29, 0.717) is 0 Å². The summed E-state index contributed by atoms with van der Waals surface area (Å²) in [6, 6.07) is 11.9. The summed E-state index contributed by atoms with van der Waals surface area (Å²) >= 11 is -3.13. The molecule has 2 rings (SSSR count). The van der Waals surface area contributed by atoms with Crippen LogP contribution in [-0.4, -0.2) is 56.2 Å². The zero-order valence-electron chi connectivity index (χ0n) is 29.1. The molecule has 0 bridgehead atoms. The van der Waals surface area contributed by atoms with Crippen molar-refractivity contribution in [2.45, 2.75) is 113 Å². The second-order valence-electron chi connectivity index (χ2n) is 10.9. The molecule has 0 atom stereocenters. The van der Waals surface area contributed by atoms with Gasteiger partial charge in [-0.1, -0.05) is 41.5 Å². The average Bonchev–Trinajstić information content (AvgIpc) is 2.99. The van der Waals surface area contributed by atoms with Gasteiger partial charge in [0.2, 0.25) is 0 Å². The molecule has 0 saturated heterocycles. The zero-order valence-corrected chi connectivity index (χ0v) is 37.6. The molecule has 2 nitrogen and oxygen atoms in total. The van der Waals surface area contributed by atoms with Crippen LogP contribution in [0.5, 0.6) is 0 Å². The van der Waals surface area contributed by atoms with E-state index in [4.69, 9.17) is 38.8 Å². The van der Waals surface area contributed by atoms with Crippen LogP contribution in [0.4, 0.5) is 0 Å². The van der Waals surface area contributed by atoms with Crippen LogP contribution in [0, 0.1) is 6.92 Å². The van der Waals surface area contributed by atoms with Crippen LogP contribution in [0.25, 0.3) is 0 Å². The number of nitrogens with zero attached hydrogens (tertiary/aromatic N) is 2. The standard InChI is InChI=1S/C9H11N.2C9H21P.C8H9N.4ClH.2Ru/c1-3-5-9-7-4-6-8(2)10-9;2*1-4-7-10(8-5-2)9-6-3;1-2-5-8-6-3-4-7-9-8;;;;;;/h1,4,6-7H,3,5H2,2H3;2*4-9H2,1-3H3;1,3-4,6-7H,2,5H2;4*1H;;/q;;;;;;;;2*+2/p-2. The second-order valence-corrected chi connectivity index (χ2v) is 28.7. The number of rotatable bonds is 18. The molecule has 0 radical (unpaired) electrons. The molecule has 2 heterocycles. The normalized spacial score (nSPS) is 11.0. The van der Waals surface area contributed by atoms with Crippen LogP contribution in [0.15, 0.2) is 42.6 Å². The number of pyridine rings is 2. The van der Waals surface area contributed by atoms with Crippen LogP contribution < -0.4 is 0 Å². The molecule has 0 spiro atoms.